The van der Waals surface area contributed by atoms with Gasteiger partial charge in [0, 0.05) is 12.6 Å². The van der Waals surface area contributed by atoms with E-state index in [1.165, 1.54) is 4.31 Å². The molecule has 1 saturated heterocycles. The van der Waals surface area contributed by atoms with Gasteiger partial charge in [-0.15, -0.1) is 0 Å². The summed E-state index contributed by atoms with van der Waals surface area (Å²) in [6, 6.07) is 6.55. The number of sulfone groups is 1. The van der Waals surface area contributed by atoms with E-state index >= 15 is 0 Å². The van der Waals surface area contributed by atoms with Crippen LogP contribution in [0.2, 0.25) is 0 Å². The summed E-state index contributed by atoms with van der Waals surface area (Å²) in [5, 5.41) is 0. The lowest BCUT2D eigenvalue weighted by Crippen LogP contribution is -2.41. The first kappa shape index (κ1) is 19.4. The van der Waals surface area contributed by atoms with E-state index in [4.69, 9.17) is 0 Å². The first-order chi connectivity index (χ1) is 11.2. The topological polar surface area (TPSA) is 71.5 Å². The van der Waals surface area contributed by atoms with Crippen LogP contribution in [0.4, 0.5) is 0 Å². The predicted molar refractivity (Wildman–Crippen MR) is 96.4 cm³/mol. The summed E-state index contributed by atoms with van der Waals surface area (Å²) in [6.45, 7) is 6.45. The Morgan fingerprint density at radius 1 is 1.21 bits per heavy atom. The van der Waals surface area contributed by atoms with Crippen LogP contribution in [0.3, 0.4) is 0 Å². The molecular weight excluding hydrogens is 346 g/mol. The SMILES string of the molecule is CCCN(C1CCS(=O)(=O)C1)S(=O)(=O)c1ccc(C(C)CC)cc1. The molecule has 1 aliphatic heterocycles. The van der Waals surface area contributed by atoms with Crippen molar-refractivity contribution in [2.24, 2.45) is 0 Å². The van der Waals surface area contributed by atoms with E-state index in [-0.39, 0.29) is 16.4 Å². The Labute approximate surface area is 146 Å². The minimum Gasteiger partial charge on any atom is -0.229 e. The lowest BCUT2D eigenvalue weighted by atomic mass is 9.99. The number of rotatable bonds is 7. The highest BCUT2D eigenvalue weighted by atomic mass is 32.2. The Balaban J connectivity index is 2.31. The summed E-state index contributed by atoms with van der Waals surface area (Å²) >= 11 is 0. The molecule has 1 heterocycles. The fourth-order valence-corrected chi connectivity index (χ4v) is 6.63. The van der Waals surface area contributed by atoms with Crippen molar-refractivity contribution in [2.45, 2.75) is 56.9 Å². The number of benzene rings is 1. The van der Waals surface area contributed by atoms with Crippen molar-refractivity contribution in [3.63, 3.8) is 0 Å². The van der Waals surface area contributed by atoms with Crippen LogP contribution < -0.4 is 0 Å². The molecule has 7 heteroatoms. The molecule has 0 amide bonds. The number of nitrogens with zero attached hydrogens (tertiary/aromatic N) is 1. The van der Waals surface area contributed by atoms with Gasteiger partial charge in [0.15, 0.2) is 9.84 Å². The Bertz CT molecular complexity index is 754. The lowest BCUT2D eigenvalue weighted by Gasteiger charge is -2.27. The zero-order chi connectivity index (χ0) is 18.0. The molecule has 136 valence electrons. The highest BCUT2D eigenvalue weighted by Gasteiger charge is 2.38. The maximum absolute atomic E-state index is 13.0. The molecule has 0 N–H and O–H groups in total. The van der Waals surface area contributed by atoms with Crippen molar-refractivity contribution in [3.05, 3.63) is 29.8 Å². The van der Waals surface area contributed by atoms with Crippen molar-refractivity contribution < 1.29 is 16.8 Å². The Morgan fingerprint density at radius 3 is 2.29 bits per heavy atom. The van der Waals surface area contributed by atoms with E-state index in [0.29, 0.717) is 25.3 Å². The first-order valence-electron chi connectivity index (χ1n) is 8.53. The maximum atomic E-state index is 13.0. The highest BCUT2D eigenvalue weighted by Crippen LogP contribution is 2.27. The molecule has 0 bridgehead atoms. The van der Waals surface area contributed by atoms with Crippen LogP contribution in [0.25, 0.3) is 0 Å². The number of hydrogen-bond acceptors (Lipinski definition) is 4. The summed E-state index contributed by atoms with van der Waals surface area (Å²) < 4.78 is 50.9. The van der Waals surface area contributed by atoms with Gasteiger partial charge >= 0.3 is 0 Å². The second-order valence-corrected chi connectivity index (χ2v) is 10.7. The third-order valence-corrected chi connectivity index (χ3v) is 8.44. The molecule has 2 unspecified atom stereocenters. The standard InChI is InChI=1S/C17H27NO4S2/c1-4-11-18(16-10-12-23(19,20)13-16)24(21,22)17-8-6-15(7-9-17)14(3)5-2/h6-9,14,16H,4-5,10-13H2,1-3H3. The number of hydrogen-bond donors (Lipinski definition) is 0. The van der Waals surface area contributed by atoms with Crippen LogP contribution in [0.1, 0.15) is 51.5 Å². The molecule has 1 aromatic carbocycles. The molecule has 1 fully saturated rings. The monoisotopic (exact) mass is 373 g/mol. The molecule has 1 aromatic rings. The van der Waals surface area contributed by atoms with Crippen molar-refractivity contribution >= 4 is 19.9 Å². The van der Waals surface area contributed by atoms with Crippen LogP contribution in [-0.2, 0) is 19.9 Å². The maximum Gasteiger partial charge on any atom is 0.243 e. The second kappa shape index (κ2) is 7.54. The molecule has 0 aliphatic carbocycles. The quantitative estimate of drug-likeness (QED) is 0.737. The van der Waals surface area contributed by atoms with E-state index in [1.807, 2.05) is 19.1 Å². The fourth-order valence-electron chi connectivity index (χ4n) is 3.06. The van der Waals surface area contributed by atoms with Gasteiger partial charge in [-0.3, -0.25) is 0 Å². The third-order valence-electron chi connectivity index (χ3n) is 4.73. The van der Waals surface area contributed by atoms with Gasteiger partial charge in [0.05, 0.1) is 16.4 Å². The van der Waals surface area contributed by atoms with E-state index in [1.54, 1.807) is 12.1 Å². The molecular formula is C17H27NO4S2. The minimum absolute atomic E-state index is 0.0698. The van der Waals surface area contributed by atoms with Crippen LogP contribution in [0.15, 0.2) is 29.2 Å². The van der Waals surface area contributed by atoms with E-state index in [9.17, 15) is 16.8 Å². The Morgan fingerprint density at radius 2 is 1.83 bits per heavy atom. The highest BCUT2D eigenvalue weighted by molar-refractivity contribution is 7.92. The van der Waals surface area contributed by atoms with Gasteiger partial charge in [-0.2, -0.15) is 4.31 Å². The second-order valence-electron chi connectivity index (χ2n) is 6.55. The van der Waals surface area contributed by atoms with Gasteiger partial charge < -0.3 is 0 Å². The first-order valence-corrected chi connectivity index (χ1v) is 11.8. The molecule has 0 aromatic heterocycles. The van der Waals surface area contributed by atoms with E-state index in [2.05, 4.69) is 13.8 Å². The van der Waals surface area contributed by atoms with Gasteiger partial charge in [0.1, 0.15) is 0 Å². The minimum atomic E-state index is -3.68. The Hall–Kier alpha value is -0.920. The largest absolute Gasteiger partial charge is 0.243 e. The van der Waals surface area contributed by atoms with Crippen LogP contribution in [0, 0.1) is 0 Å². The molecule has 2 atom stereocenters. The summed E-state index contributed by atoms with van der Waals surface area (Å²) in [6.07, 6.45) is 2.03. The molecule has 0 spiro atoms. The van der Waals surface area contributed by atoms with Crippen LogP contribution in [0.5, 0.6) is 0 Å². The smallest absolute Gasteiger partial charge is 0.229 e. The zero-order valence-corrected chi connectivity index (χ0v) is 16.2. The molecule has 1 aliphatic rings. The molecule has 5 nitrogen and oxygen atoms in total. The van der Waals surface area contributed by atoms with Crippen molar-refractivity contribution in [1.29, 1.82) is 0 Å². The summed E-state index contributed by atoms with van der Waals surface area (Å²) in [7, 11) is -6.81. The van der Waals surface area contributed by atoms with Crippen molar-refractivity contribution in [3.8, 4) is 0 Å². The van der Waals surface area contributed by atoms with Gasteiger partial charge in [-0.1, -0.05) is 32.9 Å². The zero-order valence-electron chi connectivity index (χ0n) is 14.6. The van der Waals surface area contributed by atoms with Crippen LogP contribution >= 0.6 is 0 Å². The van der Waals surface area contributed by atoms with E-state index in [0.717, 1.165) is 12.0 Å². The third kappa shape index (κ3) is 4.18. The summed E-state index contributed by atoms with van der Waals surface area (Å²) in [5.74, 6) is 0.380. The lowest BCUT2D eigenvalue weighted by molar-refractivity contribution is 0.340. The molecule has 0 saturated carbocycles. The van der Waals surface area contributed by atoms with Crippen LogP contribution in [-0.4, -0.2) is 45.2 Å². The average molecular weight is 374 g/mol. The van der Waals surface area contributed by atoms with Gasteiger partial charge in [-0.25, -0.2) is 16.8 Å². The molecule has 0 radical (unpaired) electrons. The van der Waals surface area contributed by atoms with E-state index < -0.39 is 25.9 Å². The number of sulfonamides is 1. The Kier molecular flexibility index (Phi) is 6.09. The van der Waals surface area contributed by atoms with Gasteiger partial charge in [-0.05, 0) is 42.9 Å². The van der Waals surface area contributed by atoms with Gasteiger partial charge in [0.25, 0.3) is 0 Å². The van der Waals surface area contributed by atoms with Gasteiger partial charge in [0.2, 0.25) is 10.0 Å². The average Bonchev–Trinajstić information content (AvgIpc) is 2.91. The molecule has 2 rings (SSSR count). The van der Waals surface area contributed by atoms with Crippen molar-refractivity contribution in [1.82, 2.24) is 4.31 Å². The van der Waals surface area contributed by atoms with Crippen molar-refractivity contribution in [2.75, 3.05) is 18.1 Å². The summed E-state index contributed by atoms with van der Waals surface area (Å²) in [4.78, 5) is 0.243. The molecule has 24 heavy (non-hydrogen) atoms. The summed E-state index contributed by atoms with van der Waals surface area (Å²) in [5.41, 5.74) is 1.11. The fraction of sp³-hybridized carbons (Fsp3) is 0.647. The normalized spacial score (nSPS) is 21.9. The predicted octanol–water partition coefficient (Wildman–Crippen LogP) is 2.79.